The van der Waals surface area contributed by atoms with E-state index < -0.39 is 0 Å². The van der Waals surface area contributed by atoms with Crippen molar-refractivity contribution in [3.63, 3.8) is 0 Å². The summed E-state index contributed by atoms with van der Waals surface area (Å²) in [5, 5.41) is 4.12. The van der Waals surface area contributed by atoms with Gasteiger partial charge in [-0.15, -0.1) is 0 Å². The third kappa shape index (κ3) is 3.48. The topological polar surface area (TPSA) is 51.4 Å². The Morgan fingerprint density at radius 1 is 1.08 bits per heavy atom. The quantitative estimate of drug-likeness (QED) is 0.689. The van der Waals surface area contributed by atoms with E-state index in [4.69, 9.17) is 9.26 Å². The normalized spacial score (nSPS) is 17.7. The molecule has 2 aromatic carbocycles. The number of rotatable bonds is 5. The highest BCUT2D eigenvalue weighted by atomic mass is 16.5. The lowest BCUT2D eigenvalue weighted by Crippen LogP contribution is -2.30. The first kappa shape index (κ1) is 16.8. The van der Waals surface area contributed by atoms with E-state index in [9.17, 15) is 0 Å². The first-order valence-corrected chi connectivity index (χ1v) is 9.10. The predicted octanol–water partition coefficient (Wildman–Crippen LogP) is 4.27. The van der Waals surface area contributed by atoms with Crippen LogP contribution in [-0.2, 0) is 0 Å². The van der Waals surface area contributed by atoms with Crippen LogP contribution in [0.4, 0.5) is 0 Å². The summed E-state index contributed by atoms with van der Waals surface area (Å²) in [7, 11) is 0. The number of likely N-dealkylation sites (tertiary alicyclic amines) is 1. The van der Waals surface area contributed by atoms with E-state index in [1.165, 1.54) is 0 Å². The van der Waals surface area contributed by atoms with Crippen LogP contribution in [0.1, 0.15) is 20.3 Å². The number of ether oxygens (including phenoxy) is 1. The number of para-hydroxylation sites is 1. The van der Waals surface area contributed by atoms with Crippen molar-refractivity contribution in [3.05, 3.63) is 54.6 Å². The zero-order valence-corrected chi connectivity index (χ0v) is 15.1. The number of aromatic nitrogens is 2. The molecule has 5 nitrogen and oxygen atoms in total. The van der Waals surface area contributed by atoms with E-state index in [1.54, 1.807) is 0 Å². The molecule has 3 aromatic rings. The second-order valence-corrected chi connectivity index (χ2v) is 6.90. The van der Waals surface area contributed by atoms with E-state index >= 15 is 0 Å². The first-order valence-electron chi connectivity index (χ1n) is 9.10. The third-order valence-electron chi connectivity index (χ3n) is 4.78. The van der Waals surface area contributed by atoms with Crippen LogP contribution < -0.4 is 4.74 Å². The minimum Gasteiger partial charge on any atom is -0.488 e. The second kappa shape index (κ2) is 7.30. The molecule has 0 bridgehead atoms. The Kier molecular flexibility index (Phi) is 4.71. The molecule has 0 radical (unpaired) electrons. The van der Waals surface area contributed by atoms with Gasteiger partial charge in [-0.05, 0) is 32.4 Å². The number of hydrogen-bond acceptors (Lipinski definition) is 5. The highest BCUT2D eigenvalue weighted by Crippen LogP contribution is 2.32. The van der Waals surface area contributed by atoms with Crippen LogP contribution in [0.15, 0.2) is 59.1 Å². The number of benzene rings is 2. The summed E-state index contributed by atoms with van der Waals surface area (Å²) in [5.41, 5.74) is 1.77. The molecule has 0 amide bonds. The lowest BCUT2D eigenvalue weighted by Gasteiger charge is -2.20. The van der Waals surface area contributed by atoms with Crippen LogP contribution in [0.25, 0.3) is 22.8 Å². The molecule has 1 saturated heterocycles. The summed E-state index contributed by atoms with van der Waals surface area (Å²) in [4.78, 5) is 7.00. The van der Waals surface area contributed by atoms with Gasteiger partial charge in [0, 0.05) is 24.7 Å². The molecule has 0 spiro atoms. The molecule has 134 valence electrons. The van der Waals surface area contributed by atoms with Gasteiger partial charge in [0.05, 0.1) is 5.56 Å². The Balaban J connectivity index is 1.56. The van der Waals surface area contributed by atoms with Crippen LogP contribution >= 0.6 is 0 Å². The van der Waals surface area contributed by atoms with Crippen molar-refractivity contribution in [1.29, 1.82) is 0 Å². The van der Waals surface area contributed by atoms with Crippen molar-refractivity contribution in [3.8, 4) is 28.6 Å². The molecular weight excluding hydrogens is 326 g/mol. The third-order valence-corrected chi connectivity index (χ3v) is 4.78. The zero-order valence-electron chi connectivity index (χ0n) is 15.1. The van der Waals surface area contributed by atoms with Crippen molar-refractivity contribution in [2.45, 2.75) is 32.4 Å². The molecule has 0 saturated carbocycles. The molecular formula is C21H23N3O2. The predicted molar refractivity (Wildman–Crippen MR) is 101 cm³/mol. The van der Waals surface area contributed by atoms with E-state index in [0.29, 0.717) is 17.8 Å². The van der Waals surface area contributed by atoms with Gasteiger partial charge in [-0.3, -0.25) is 4.90 Å². The lowest BCUT2D eigenvalue weighted by molar-refractivity contribution is 0.187. The van der Waals surface area contributed by atoms with E-state index in [2.05, 4.69) is 28.9 Å². The molecule has 1 unspecified atom stereocenters. The Labute approximate surface area is 153 Å². The smallest absolute Gasteiger partial charge is 0.262 e. The van der Waals surface area contributed by atoms with Gasteiger partial charge in [-0.25, -0.2) is 0 Å². The van der Waals surface area contributed by atoms with Crippen LogP contribution in [0, 0.1) is 0 Å². The average Bonchev–Trinajstić information content (AvgIpc) is 3.33. The number of nitrogens with zero attached hydrogens (tertiary/aromatic N) is 3. The Morgan fingerprint density at radius 3 is 2.62 bits per heavy atom. The lowest BCUT2D eigenvalue weighted by atomic mass is 10.2. The molecule has 1 aliphatic heterocycles. The summed E-state index contributed by atoms with van der Waals surface area (Å²) >= 11 is 0. The molecule has 1 aliphatic rings. The summed E-state index contributed by atoms with van der Waals surface area (Å²) in [6.07, 6.45) is 1.22. The van der Waals surface area contributed by atoms with Gasteiger partial charge in [-0.2, -0.15) is 4.98 Å². The standard InChI is InChI=1S/C21H23N3O2/c1-15(2)24-13-12-17(14-24)25-19-11-7-6-10-18(19)21-22-20(23-26-21)16-8-4-3-5-9-16/h3-11,15,17H,12-14H2,1-2H3. The zero-order chi connectivity index (χ0) is 17.9. The molecule has 2 heterocycles. The fourth-order valence-electron chi connectivity index (χ4n) is 3.28. The van der Waals surface area contributed by atoms with Crippen molar-refractivity contribution >= 4 is 0 Å². The van der Waals surface area contributed by atoms with E-state index in [-0.39, 0.29) is 6.10 Å². The van der Waals surface area contributed by atoms with Gasteiger partial charge in [0.1, 0.15) is 11.9 Å². The van der Waals surface area contributed by atoms with Crippen LogP contribution in [0.2, 0.25) is 0 Å². The minimum absolute atomic E-state index is 0.190. The van der Waals surface area contributed by atoms with E-state index in [1.807, 2.05) is 54.6 Å². The fourth-order valence-corrected chi connectivity index (χ4v) is 3.28. The summed E-state index contributed by atoms with van der Waals surface area (Å²) in [5.74, 6) is 1.87. The molecule has 26 heavy (non-hydrogen) atoms. The van der Waals surface area contributed by atoms with Gasteiger partial charge in [-0.1, -0.05) is 47.6 Å². The van der Waals surface area contributed by atoms with Gasteiger partial charge in [0.15, 0.2) is 0 Å². The first-order chi connectivity index (χ1) is 12.7. The average molecular weight is 349 g/mol. The Bertz CT molecular complexity index is 860. The van der Waals surface area contributed by atoms with Gasteiger partial charge in [0.2, 0.25) is 5.82 Å². The molecule has 1 fully saturated rings. The molecule has 4 rings (SSSR count). The van der Waals surface area contributed by atoms with Gasteiger partial charge >= 0.3 is 0 Å². The molecule has 5 heteroatoms. The van der Waals surface area contributed by atoms with Crippen molar-refractivity contribution < 1.29 is 9.26 Å². The number of hydrogen-bond donors (Lipinski definition) is 0. The second-order valence-electron chi connectivity index (χ2n) is 6.90. The van der Waals surface area contributed by atoms with Crippen LogP contribution in [-0.4, -0.2) is 40.3 Å². The van der Waals surface area contributed by atoms with Crippen LogP contribution in [0.5, 0.6) is 5.75 Å². The summed E-state index contributed by atoms with van der Waals surface area (Å²) < 4.78 is 11.8. The Morgan fingerprint density at radius 2 is 1.85 bits per heavy atom. The maximum absolute atomic E-state index is 6.29. The van der Waals surface area contributed by atoms with Crippen molar-refractivity contribution in [1.82, 2.24) is 15.0 Å². The molecule has 0 N–H and O–H groups in total. The van der Waals surface area contributed by atoms with Gasteiger partial charge in [0.25, 0.3) is 5.89 Å². The molecule has 1 aromatic heterocycles. The molecule has 1 atom stereocenters. The Hall–Kier alpha value is -2.66. The highest BCUT2D eigenvalue weighted by Gasteiger charge is 2.26. The van der Waals surface area contributed by atoms with Gasteiger partial charge < -0.3 is 9.26 Å². The maximum Gasteiger partial charge on any atom is 0.262 e. The van der Waals surface area contributed by atoms with Crippen molar-refractivity contribution in [2.75, 3.05) is 13.1 Å². The molecule has 0 aliphatic carbocycles. The summed E-state index contributed by atoms with van der Waals surface area (Å²) in [6.45, 7) is 6.47. The fraction of sp³-hybridized carbons (Fsp3) is 0.333. The highest BCUT2D eigenvalue weighted by molar-refractivity contribution is 5.65. The maximum atomic E-state index is 6.29. The van der Waals surface area contributed by atoms with Crippen molar-refractivity contribution in [2.24, 2.45) is 0 Å². The monoisotopic (exact) mass is 349 g/mol. The van der Waals surface area contributed by atoms with Crippen LogP contribution in [0.3, 0.4) is 0 Å². The summed E-state index contributed by atoms with van der Waals surface area (Å²) in [6, 6.07) is 18.2. The largest absolute Gasteiger partial charge is 0.488 e. The SMILES string of the molecule is CC(C)N1CCC(Oc2ccccc2-c2nc(-c3ccccc3)no2)C1. The van der Waals surface area contributed by atoms with E-state index in [0.717, 1.165) is 36.4 Å². The minimum atomic E-state index is 0.190.